The number of amides is 2. The Morgan fingerprint density at radius 1 is 1.27 bits per heavy atom. The van der Waals surface area contributed by atoms with Crippen molar-refractivity contribution in [2.45, 2.75) is 26.2 Å². The molecule has 0 atom stereocenters. The fourth-order valence-electron chi connectivity index (χ4n) is 3.16. The van der Waals surface area contributed by atoms with Gasteiger partial charge >= 0.3 is 0 Å². The molecule has 0 saturated carbocycles. The first-order chi connectivity index (χ1) is 12.5. The van der Waals surface area contributed by atoms with Crippen LogP contribution in [-0.2, 0) is 18.3 Å². The highest BCUT2D eigenvalue weighted by atomic mass is 16.2. The Balaban J connectivity index is 1.42. The Hall–Kier alpha value is -2.70. The summed E-state index contributed by atoms with van der Waals surface area (Å²) >= 11 is 0. The van der Waals surface area contributed by atoms with Crippen LogP contribution in [0.3, 0.4) is 0 Å². The predicted molar refractivity (Wildman–Crippen MR) is 97.5 cm³/mol. The van der Waals surface area contributed by atoms with Crippen molar-refractivity contribution in [1.29, 1.82) is 0 Å². The van der Waals surface area contributed by atoms with Crippen molar-refractivity contribution < 1.29 is 9.59 Å². The topological polar surface area (TPSA) is 80.1 Å². The Bertz CT molecular complexity index is 744. The molecular formula is C19H25N5O2. The number of piperidine rings is 1. The Labute approximate surface area is 153 Å². The van der Waals surface area contributed by atoms with Gasteiger partial charge in [-0.05, 0) is 43.9 Å². The van der Waals surface area contributed by atoms with Gasteiger partial charge in [0.25, 0.3) is 5.91 Å². The second-order valence-corrected chi connectivity index (χ2v) is 6.83. The molecule has 0 unspecified atom stereocenters. The first-order valence-electron chi connectivity index (χ1n) is 8.99. The van der Waals surface area contributed by atoms with Crippen LogP contribution in [0.25, 0.3) is 0 Å². The quantitative estimate of drug-likeness (QED) is 0.878. The number of nitrogens with one attached hydrogen (secondary N) is 1. The third-order valence-corrected chi connectivity index (χ3v) is 4.92. The maximum absolute atomic E-state index is 12.4. The molecule has 1 N–H and O–H groups in total. The molecule has 3 heterocycles. The van der Waals surface area contributed by atoms with Gasteiger partial charge in [0.1, 0.15) is 5.69 Å². The summed E-state index contributed by atoms with van der Waals surface area (Å²) in [5.74, 6) is 0.375. The van der Waals surface area contributed by atoms with Gasteiger partial charge in [0.05, 0.1) is 6.42 Å². The fraction of sp³-hybridized carbons (Fsp3) is 0.474. The highest BCUT2D eigenvalue weighted by molar-refractivity contribution is 5.92. The molecule has 138 valence electrons. The van der Waals surface area contributed by atoms with Gasteiger partial charge in [0, 0.05) is 44.3 Å². The number of rotatable bonds is 5. The zero-order valence-electron chi connectivity index (χ0n) is 15.3. The lowest BCUT2D eigenvalue weighted by Gasteiger charge is -2.32. The molecule has 0 radical (unpaired) electrons. The van der Waals surface area contributed by atoms with Crippen molar-refractivity contribution in [3.05, 3.63) is 47.5 Å². The first kappa shape index (κ1) is 18.1. The molecular weight excluding hydrogens is 330 g/mol. The maximum atomic E-state index is 12.4. The summed E-state index contributed by atoms with van der Waals surface area (Å²) < 4.78 is 1.70. The summed E-state index contributed by atoms with van der Waals surface area (Å²) in [5, 5.41) is 7.16. The number of hydrogen-bond donors (Lipinski definition) is 1. The SMILES string of the molecule is Cc1cc(C(=O)NCC2CCN(C(=O)Cc3ccccn3)CC2)nn1C. The number of pyridine rings is 1. The van der Waals surface area contributed by atoms with Gasteiger partial charge in [0.2, 0.25) is 5.91 Å². The number of carbonyl (C=O) groups excluding carboxylic acids is 2. The minimum absolute atomic E-state index is 0.121. The molecule has 1 aliphatic rings. The van der Waals surface area contributed by atoms with Gasteiger partial charge in [-0.2, -0.15) is 5.10 Å². The van der Waals surface area contributed by atoms with E-state index in [1.54, 1.807) is 16.9 Å². The van der Waals surface area contributed by atoms with E-state index in [1.807, 2.05) is 37.1 Å². The average molecular weight is 355 g/mol. The summed E-state index contributed by atoms with van der Waals surface area (Å²) in [6.45, 7) is 4.00. The number of hydrogen-bond acceptors (Lipinski definition) is 4. The van der Waals surface area contributed by atoms with Crippen LogP contribution >= 0.6 is 0 Å². The molecule has 7 nitrogen and oxygen atoms in total. The molecule has 2 aromatic heterocycles. The van der Waals surface area contributed by atoms with Crippen molar-refractivity contribution in [1.82, 2.24) is 25.0 Å². The average Bonchev–Trinajstić information content (AvgIpc) is 3.00. The van der Waals surface area contributed by atoms with E-state index in [-0.39, 0.29) is 11.8 Å². The third-order valence-electron chi connectivity index (χ3n) is 4.92. The molecule has 0 aromatic carbocycles. The van der Waals surface area contributed by atoms with Gasteiger partial charge in [-0.1, -0.05) is 6.07 Å². The zero-order valence-corrected chi connectivity index (χ0v) is 15.3. The summed E-state index contributed by atoms with van der Waals surface area (Å²) in [6.07, 6.45) is 3.85. The standard InChI is InChI=1S/C19H25N5O2/c1-14-11-17(22-23(14)2)19(26)21-13-15-6-9-24(10-7-15)18(25)12-16-5-3-4-8-20-16/h3-5,8,11,15H,6-7,9-10,12-13H2,1-2H3,(H,21,26). The number of aromatic nitrogens is 3. The Morgan fingerprint density at radius 2 is 2.04 bits per heavy atom. The van der Waals surface area contributed by atoms with Crippen LogP contribution in [0.5, 0.6) is 0 Å². The monoisotopic (exact) mass is 355 g/mol. The van der Waals surface area contributed by atoms with Gasteiger partial charge < -0.3 is 10.2 Å². The third kappa shape index (κ3) is 4.47. The van der Waals surface area contributed by atoms with E-state index in [0.717, 1.165) is 37.3 Å². The van der Waals surface area contributed by atoms with Crippen LogP contribution in [0.4, 0.5) is 0 Å². The molecule has 0 aliphatic carbocycles. The van der Waals surface area contributed by atoms with Crippen LogP contribution in [0, 0.1) is 12.8 Å². The van der Waals surface area contributed by atoms with Gasteiger partial charge in [0.15, 0.2) is 0 Å². The van der Waals surface area contributed by atoms with E-state index in [9.17, 15) is 9.59 Å². The van der Waals surface area contributed by atoms with E-state index in [1.165, 1.54) is 0 Å². The summed E-state index contributed by atoms with van der Waals surface area (Å²) in [7, 11) is 1.82. The fourth-order valence-corrected chi connectivity index (χ4v) is 3.16. The largest absolute Gasteiger partial charge is 0.350 e. The molecule has 1 fully saturated rings. The molecule has 3 rings (SSSR count). The summed E-state index contributed by atoms with van der Waals surface area (Å²) in [6, 6.07) is 7.40. The lowest BCUT2D eigenvalue weighted by Crippen LogP contribution is -2.42. The highest BCUT2D eigenvalue weighted by Gasteiger charge is 2.23. The van der Waals surface area contributed by atoms with Crippen molar-refractivity contribution in [2.75, 3.05) is 19.6 Å². The van der Waals surface area contributed by atoms with Crippen molar-refractivity contribution in [2.24, 2.45) is 13.0 Å². The second-order valence-electron chi connectivity index (χ2n) is 6.83. The Kier molecular flexibility index (Phi) is 5.65. The van der Waals surface area contributed by atoms with E-state index < -0.39 is 0 Å². The van der Waals surface area contributed by atoms with Gasteiger partial charge in [-0.3, -0.25) is 19.3 Å². The van der Waals surface area contributed by atoms with E-state index >= 15 is 0 Å². The van der Waals surface area contributed by atoms with Crippen molar-refractivity contribution in [3.8, 4) is 0 Å². The number of nitrogens with zero attached hydrogens (tertiary/aromatic N) is 4. The van der Waals surface area contributed by atoms with Gasteiger partial charge in [-0.25, -0.2) is 0 Å². The van der Waals surface area contributed by atoms with Crippen LogP contribution < -0.4 is 5.32 Å². The first-order valence-corrected chi connectivity index (χ1v) is 8.99. The lowest BCUT2D eigenvalue weighted by molar-refractivity contribution is -0.131. The Morgan fingerprint density at radius 3 is 2.65 bits per heavy atom. The molecule has 2 amide bonds. The zero-order chi connectivity index (χ0) is 18.5. The molecule has 1 saturated heterocycles. The van der Waals surface area contributed by atoms with Crippen LogP contribution in [0.1, 0.15) is 34.7 Å². The number of likely N-dealkylation sites (tertiary alicyclic amines) is 1. The number of aryl methyl sites for hydroxylation is 2. The van der Waals surface area contributed by atoms with Crippen LogP contribution in [0.15, 0.2) is 30.5 Å². The lowest BCUT2D eigenvalue weighted by atomic mass is 9.96. The van der Waals surface area contributed by atoms with E-state index in [0.29, 0.717) is 24.6 Å². The highest BCUT2D eigenvalue weighted by Crippen LogP contribution is 2.17. The molecule has 1 aliphatic heterocycles. The predicted octanol–water partition coefficient (Wildman–Crippen LogP) is 1.33. The molecule has 26 heavy (non-hydrogen) atoms. The van der Waals surface area contributed by atoms with Gasteiger partial charge in [-0.15, -0.1) is 0 Å². The second kappa shape index (κ2) is 8.12. The number of carbonyl (C=O) groups is 2. The molecule has 2 aromatic rings. The normalized spacial score (nSPS) is 15.1. The van der Waals surface area contributed by atoms with Crippen molar-refractivity contribution >= 4 is 11.8 Å². The van der Waals surface area contributed by atoms with E-state index in [2.05, 4.69) is 15.4 Å². The summed E-state index contributed by atoms with van der Waals surface area (Å²) in [5.41, 5.74) is 2.21. The van der Waals surface area contributed by atoms with Crippen LogP contribution in [-0.4, -0.2) is 51.1 Å². The van der Waals surface area contributed by atoms with Crippen molar-refractivity contribution in [3.63, 3.8) is 0 Å². The molecule has 0 bridgehead atoms. The maximum Gasteiger partial charge on any atom is 0.271 e. The molecule has 0 spiro atoms. The van der Waals surface area contributed by atoms with Crippen LogP contribution in [0.2, 0.25) is 0 Å². The minimum atomic E-state index is -0.137. The minimum Gasteiger partial charge on any atom is -0.350 e. The van der Waals surface area contributed by atoms with E-state index in [4.69, 9.17) is 0 Å². The summed E-state index contributed by atoms with van der Waals surface area (Å²) in [4.78, 5) is 30.6. The smallest absolute Gasteiger partial charge is 0.271 e. The molecule has 7 heteroatoms.